The lowest BCUT2D eigenvalue weighted by atomic mass is 10.2. The first-order chi connectivity index (χ1) is 10.1. The van der Waals surface area contributed by atoms with E-state index in [1.807, 2.05) is 25.1 Å². The van der Waals surface area contributed by atoms with Crippen LogP contribution < -0.4 is 5.32 Å². The van der Waals surface area contributed by atoms with Crippen molar-refractivity contribution in [3.8, 4) is 0 Å². The van der Waals surface area contributed by atoms with Gasteiger partial charge in [0, 0.05) is 12.3 Å². The van der Waals surface area contributed by atoms with E-state index in [1.165, 1.54) is 17.7 Å². The summed E-state index contributed by atoms with van der Waals surface area (Å²) in [6.07, 6.45) is 0. The Hall–Kier alpha value is -1.81. The molecule has 0 aliphatic heterocycles. The van der Waals surface area contributed by atoms with Gasteiger partial charge in [-0.15, -0.1) is 11.8 Å². The predicted octanol–water partition coefficient (Wildman–Crippen LogP) is 3.76. The van der Waals surface area contributed by atoms with E-state index < -0.39 is 0 Å². The second-order valence-electron chi connectivity index (χ2n) is 4.78. The van der Waals surface area contributed by atoms with Gasteiger partial charge in [-0.2, -0.15) is 0 Å². The molecule has 1 amide bonds. The molecule has 2 aromatic rings. The highest BCUT2D eigenvalue weighted by molar-refractivity contribution is 7.99. The van der Waals surface area contributed by atoms with Crippen molar-refractivity contribution >= 4 is 17.7 Å². The predicted molar refractivity (Wildman–Crippen MR) is 85.4 cm³/mol. The second-order valence-corrected chi connectivity index (χ2v) is 6.11. The number of nitrogens with one attached hydrogen (secondary N) is 1. The fourth-order valence-electron chi connectivity index (χ4n) is 1.81. The van der Waals surface area contributed by atoms with Crippen LogP contribution in [0.2, 0.25) is 0 Å². The van der Waals surface area contributed by atoms with Gasteiger partial charge in [0.25, 0.3) is 0 Å². The van der Waals surface area contributed by atoms with Crippen LogP contribution in [0.1, 0.15) is 18.1 Å². The average molecular weight is 303 g/mol. The number of carbonyl (C=O) groups is 1. The quantitative estimate of drug-likeness (QED) is 0.880. The zero-order chi connectivity index (χ0) is 15.1. The van der Waals surface area contributed by atoms with Crippen molar-refractivity contribution in [1.29, 1.82) is 0 Å². The lowest BCUT2D eigenvalue weighted by Crippen LogP contribution is -2.30. The number of carbonyl (C=O) groups excluding carboxylic acids is 1. The molecule has 1 N–H and O–H groups in total. The van der Waals surface area contributed by atoms with Crippen LogP contribution >= 0.6 is 11.8 Å². The molecule has 0 aliphatic rings. The third-order valence-electron chi connectivity index (χ3n) is 3.09. The number of rotatable bonds is 6. The van der Waals surface area contributed by atoms with Crippen molar-refractivity contribution in [2.75, 3.05) is 0 Å². The van der Waals surface area contributed by atoms with E-state index in [0.717, 1.165) is 11.3 Å². The molecule has 0 heterocycles. The van der Waals surface area contributed by atoms with Gasteiger partial charge in [-0.05, 0) is 30.2 Å². The smallest absolute Gasteiger partial charge is 0.233 e. The van der Waals surface area contributed by atoms with Crippen LogP contribution in [0, 0.1) is 5.82 Å². The van der Waals surface area contributed by atoms with Crippen LogP contribution in [0.25, 0.3) is 0 Å². The SMILES string of the molecule is C[C@@H](SCc1ccccc1)C(=O)NCc1ccc(F)cc1. The van der Waals surface area contributed by atoms with Crippen LogP contribution in [0.5, 0.6) is 0 Å². The zero-order valence-electron chi connectivity index (χ0n) is 11.9. The fraction of sp³-hybridized carbons (Fsp3) is 0.235. The third kappa shape index (κ3) is 5.23. The Bertz CT molecular complexity index is 571. The highest BCUT2D eigenvalue weighted by atomic mass is 32.2. The van der Waals surface area contributed by atoms with Gasteiger partial charge >= 0.3 is 0 Å². The Morgan fingerprint density at radius 3 is 2.43 bits per heavy atom. The molecule has 21 heavy (non-hydrogen) atoms. The highest BCUT2D eigenvalue weighted by Crippen LogP contribution is 2.17. The van der Waals surface area contributed by atoms with E-state index in [2.05, 4.69) is 17.4 Å². The number of halogens is 1. The van der Waals surface area contributed by atoms with Gasteiger partial charge in [-0.1, -0.05) is 42.5 Å². The number of amides is 1. The highest BCUT2D eigenvalue weighted by Gasteiger charge is 2.12. The molecule has 0 aliphatic carbocycles. The Morgan fingerprint density at radius 2 is 1.76 bits per heavy atom. The third-order valence-corrected chi connectivity index (χ3v) is 4.31. The van der Waals surface area contributed by atoms with E-state index >= 15 is 0 Å². The minimum absolute atomic E-state index is 0.000237. The molecule has 0 radical (unpaired) electrons. The summed E-state index contributed by atoms with van der Waals surface area (Å²) in [6.45, 7) is 2.32. The van der Waals surface area contributed by atoms with Crippen LogP contribution in [0.15, 0.2) is 54.6 Å². The van der Waals surface area contributed by atoms with Crippen molar-refractivity contribution in [3.63, 3.8) is 0 Å². The number of hydrogen-bond donors (Lipinski definition) is 1. The molecule has 110 valence electrons. The number of hydrogen-bond acceptors (Lipinski definition) is 2. The molecule has 2 aromatic carbocycles. The normalized spacial score (nSPS) is 11.9. The molecule has 2 nitrogen and oxygen atoms in total. The topological polar surface area (TPSA) is 29.1 Å². The van der Waals surface area contributed by atoms with Crippen LogP contribution in [0.3, 0.4) is 0 Å². The fourth-order valence-corrected chi connectivity index (χ4v) is 2.68. The lowest BCUT2D eigenvalue weighted by Gasteiger charge is -2.12. The first-order valence-electron chi connectivity index (χ1n) is 6.83. The van der Waals surface area contributed by atoms with Crippen LogP contribution in [0.4, 0.5) is 4.39 Å². The summed E-state index contributed by atoms with van der Waals surface area (Å²) >= 11 is 1.60. The molecule has 4 heteroatoms. The molecule has 2 rings (SSSR count). The van der Waals surface area contributed by atoms with Gasteiger partial charge in [0.05, 0.1) is 5.25 Å². The maximum atomic E-state index is 12.8. The molecule has 0 bridgehead atoms. The maximum Gasteiger partial charge on any atom is 0.233 e. The Kier molecular flexibility index (Phi) is 5.81. The molecule has 0 spiro atoms. The summed E-state index contributed by atoms with van der Waals surface area (Å²) in [6, 6.07) is 16.2. The van der Waals surface area contributed by atoms with Crippen LogP contribution in [-0.4, -0.2) is 11.2 Å². The van der Waals surface area contributed by atoms with Gasteiger partial charge in [0.15, 0.2) is 0 Å². The zero-order valence-corrected chi connectivity index (χ0v) is 12.7. The lowest BCUT2D eigenvalue weighted by molar-refractivity contribution is -0.120. The molecule has 1 atom stereocenters. The first-order valence-corrected chi connectivity index (χ1v) is 7.87. The van der Waals surface area contributed by atoms with E-state index in [0.29, 0.717) is 6.54 Å². The Labute approximate surface area is 128 Å². The standard InChI is InChI=1S/C17H18FNOS/c1-13(21-12-15-5-3-2-4-6-15)17(20)19-11-14-7-9-16(18)10-8-14/h2-10,13H,11-12H2,1H3,(H,19,20)/t13-/m1/s1. The van der Waals surface area contributed by atoms with Crippen molar-refractivity contribution in [1.82, 2.24) is 5.32 Å². The number of benzene rings is 2. The molecular formula is C17H18FNOS. The maximum absolute atomic E-state index is 12.8. The Morgan fingerprint density at radius 1 is 1.10 bits per heavy atom. The molecule has 0 saturated heterocycles. The summed E-state index contributed by atoms with van der Waals surface area (Å²) in [5.41, 5.74) is 2.10. The van der Waals surface area contributed by atoms with Gasteiger partial charge in [-0.3, -0.25) is 4.79 Å². The summed E-state index contributed by atoms with van der Waals surface area (Å²) in [5, 5.41) is 2.75. The summed E-state index contributed by atoms with van der Waals surface area (Å²) in [5.74, 6) is 0.545. The van der Waals surface area contributed by atoms with Crippen molar-refractivity contribution in [2.24, 2.45) is 0 Å². The summed E-state index contributed by atoms with van der Waals surface area (Å²) in [7, 11) is 0. The van der Waals surface area contributed by atoms with Gasteiger partial charge in [-0.25, -0.2) is 4.39 Å². The molecule has 0 unspecified atom stereocenters. The average Bonchev–Trinajstić information content (AvgIpc) is 2.52. The van der Waals surface area contributed by atoms with Crippen molar-refractivity contribution in [2.45, 2.75) is 24.5 Å². The molecule has 0 fully saturated rings. The number of thioether (sulfide) groups is 1. The van der Waals surface area contributed by atoms with Crippen molar-refractivity contribution in [3.05, 3.63) is 71.5 Å². The van der Waals surface area contributed by atoms with E-state index in [4.69, 9.17) is 0 Å². The molecule has 0 aromatic heterocycles. The largest absolute Gasteiger partial charge is 0.351 e. The van der Waals surface area contributed by atoms with E-state index in [1.54, 1.807) is 23.9 Å². The second kappa shape index (κ2) is 7.84. The summed E-state index contributed by atoms with van der Waals surface area (Å²) in [4.78, 5) is 12.0. The minimum Gasteiger partial charge on any atom is -0.351 e. The minimum atomic E-state index is -0.267. The summed E-state index contributed by atoms with van der Waals surface area (Å²) < 4.78 is 12.8. The monoisotopic (exact) mass is 303 g/mol. The molecule has 0 saturated carbocycles. The van der Waals surface area contributed by atoms with Crippen LogP contribution in [-0.2, 0) is 17.1 Å². The van der Waals surface area contributed by atoms with Gasteiger partial charge in [0.1, 0.15) is 5.82 Å². The van der Waals surface area contributed by atoms with E-state index in [9.17, 15) is 9.18 Å². The first kappa shape index (κ1) is 15.6. The molecular weight excluding hydrogens is 285 g/mol. The Balaban J connectivity index is 1.76. The van der Waals surface area contributed by atoms with E-state index in [-0.39, 0.29) is 17.0 Å². The van der Waals surface area contributed by atoms with Gasteiger partial charge in [0.2, 0.25) is 5.91 Å². The van der Waals surface area contributed by atoms with Gasteiger partial charge < -0.3 is 5.32 Å². The van der Waals surface area contributed by atoms with Crippen molar-refractivity contribution < 1.29 is 9.18 Å².